The number of carboxylic acids is 1. The highest BCUT2D eigenvalue weighted by Crippen LogP contribution is 2.44. The molecule has 1 aliphatic carbocycles. The topological polar surface area (TPSA) is 57.5 Å². The first-order chi connectivity index (χ1) is 8.40. The van der Waals surface area contributed by atoms with Gasteiger partial charge in [-0.1, -0.05) is 12.8 Å². The molecule has 1 aromatic rings. The highest BCUT2D eigenvalue weighted by Gasteiger charge is 2.46. The van der Waals surface area contributed by atoms with E-state index in [2.05, 4.69) is 0 Å². The zero-order valence-electron chi connectivity index (χ0n) is 9.34. The molecule has 1 aromatic carbocycles. The number of carbonyl (C=O) groups is 1. The second-order valence-electron chi connectivity index (χ2n) is 4.48. The van der Waals surface area contributed by atoms with Crippen LogP contribution in [0.2, 0.25) is 0 Å². The van der Waals surface area contributed by atoms with E-state index in [1.54, 1.807) is 0 Å². The smallest absolute Gasteiger partial charge is 0.314 e. The van der Waals surface area contributed by atoms with Gasteiger partial charge in [-0.3, -0.25) is 4.79 Å². The molecular weight excluding hydrogens is 249 g/mol. The van der Waals surface area contributed by atoms with Gasteiger partial charge in [0.15, 0.2) is 17.4 Å². The number of aliphatic carboxylic acids is 1. The number of hydrogen-bond donors (Lipinski definition) is 2. The van der Waals surface area contributed by atoms with Gasteiger partial charge in [-0.25, -0.2) is 8.78 Å². The fourth-order valence-corrected chi connectivity index (χ4v) is 2.52. The van der Waals surface area contributed by atoms with Crippen LogP contribution in [-0.2, 0) is 10.2 Å². The predicted octanol–water partition coefficient (Wildman–Crippen LogP) is 2.71. The molecule has 18 heavy (non-hydrogen) atoms. The summed E-state index contributed by atoms with van der Waals surface area (Å²) in [4.78, 5) is 11.3. The van der Waals surface area contributed by atoms with Crippen molar-refractivity contribution in [1.82, 2.24) is 0 Å². The van der Waals surface area contributed by atoms with E-state index in [4.69, 9.17) is 5.11 Å². The highest BCUT2D eigenvalue weighted by molar-refractivity contribution is 5.82. The summed E-state index contributed by atoms with van der Waals surface area (Å²) in [6.07, 6.45) is 1.41. The zero-order chi connectivity index (χ0) is 13.5. The van der Waals surface area contributed by atoms with Crippen LogP contribution < -0.4 is 0 Å². The first-order valence-electron chi connectivity index (χ1n) is 5.50. The van der Waals surface area contributed by atoms with Crippen LogP contribution in [0.5, 0.6) is 5.75 Å². The SMILES string of the molecule is O=C(O)C1(c2cc(F)c(F)c(O)c2F)CCCC1. The molecule has 98 valence electrons. The van der Waals surface area contributed by atoms with E-state index in [1.807, 2.05) is 0 Å². The summed E-state index contributed by atoms with van der Waals surface area (Å²) in [5.41, 5.74) is -2.06. The Morgan fingerprint density at radius 3 is 2.22 bits per heavy atom. The predicted molar refractivity (Wildman–Crippen MR) is 55.8 cm³/mol. The normalized spacial score (nSPS) is 17.9. The molecule has 0 unspecified atom stereocenters. The molecule has 0 amide bonds. The first-order valence-corrected chi connectivity index (χ1v) is 5.50. The van der Waals surface area contributed by atoms with Crippen molar-refractivity contribution >= 4 is 5.97 Å². The van der Waals surface area contributed by atoms with E-state index in [-0.39, 0.29) is 12.8 Å². The summed E-state index contributed by atoms with van der Waals surface area (Å²) in [5.74, 6) is -7.29. The highest BCUT2D eigenvalue weighted by atomic mass is 19.2. The Labute approximate surface area is 101 Å². The Bertz CT molecular complexity index is 508. The lowest BCUT2D eigenvalue weighted by Gasteiger charge is -2.25. The number of benzene rings is 1. The van der Waals surface area contributed by atoms with Crippen molar-refractivity contribution in [3.8, 4) is 5.75 Å². The van der Waals surface area contributed by atoms with Crippen LogP contribution in [0.4, 0.5) is 13.2 Å². The molecular formula is C12H11F3O3. The molecule has 0 aromatic heterocycles. The molecule has 0 saturated heterocycles. The van der Waals surface area contributed by atoms with E-state index in [0.717, 1.165) is 0 Å². The maximum Gasteiger partial charge on any atom is 0.314 e. The minimum absolute atomic E-state index is 0.143. The molecule has 0 radical (unpaired) electrons. The van der Waals surface area contributed by atoms with Crippen molar-refractivity contribution in [2.45, 2.75) is 31.1 Å². The minimum atomic E-state index is -1.70. The van der Waals surface area contributed by atoms with Gasteiger partial charge in [0.25, 0.3) is 0 Å². The van der Waals surface area contributed by atoms with E-state index in [9.17, 15) is 23.1 Å². The summed E-state index contributed by atoms with van der Waals surface area (Å²) in [7, 11) is 0. The third-order valence-electron chi connectivity index (χ3n) is 3.52. The lowest BCUT2D eigenvalue weighted by Crippen LogP contribution is -2.34. The molecule has 0 aliphatic heterocycles. The van der Waals surface area contributed by atoms with Crippen LogP contribution in [0, 0.1) is 17.5 Å². The molecule has 2 N–H and O–H groups in total. The van der Waals surface area contributed by atoms with Gasteiger partial charge in [0.2, 0.25) is 5.82 Å². The number of hydrogen-bond acceptors (Lipinski definition) is 2. The van der Waals surface area contributed by atoms with Crippen LogP contribution in [0.1, 0.15) is 31.2 Å². The Hall–Kier alpha value is -1.72. The molecule has 0 heterocycles. The Morgan fingerprint density at radius 2 is 1.72 bits per heavy atom. The van der Waals surface area contributed by atoms with Gasteiger partial charge >= 0.3 is 5.97 Å². The molecule has 0 spiro atoms. The molecule has 1 aliphatic rings. The fraction of sp³-hybridized carbons (Fsp3) is 0.417. The van der Waals surface area contributed by atoms with Gasteiger partial charge in [0, 0.05) is 5.56 Å². The van der Waals surface area contributed by atoms with E-state index >= 15 is 0 Å². The molecule has 2 rings (SSSR count). The lowest BCUT2D eigenvalue weighted by atomic mass is 9.78. The van der Waals surface area contributed by atoms with Crippen LogP contribution >= 0.6 is 0 Å². The Balaban J connectivity index is 2.67. The summed E-state index contributed by atoms with van der Waals surface area (Å²) in [6.45, 7) is 0. The zero-order valence-corrected chi connectivity index (χ0v) is 9.34. The molecule has 6 heteroatoms. The van der Waals surface area contributed by atoms with Gasteiger partial charge < -0.3 is 10.2 Å². The quantitative estimate of drug-likeness (QED) is 0.804. The number of aromatic hydroxyl groups is 1. The summed E-state index contributed by atoms with van der Waals surface area (Å²) >= 11 is 0. The molecule has 1 saturated carbocycles. The third-order valence-corrected chi connectivity index (χ3v) is 3.52. The third kappa shape index (κ3) is 1.63. The Kier molecular flexibility index (Phi) is 2.96. The van der Waals surface area contributed by atoms with Crippen LogP contribution in [0.25, 0.3) is 0 Å². The summed E-state index contributed by atoms with van der Waals surface area (Å²) in [5, 5.41) is 18.4. The number of phenols is 1. The van der Waals surface area contributed by atoms with Gasteiger partial charge in [-0.05, 0) is 18.9 Å². The van der Waals surface area contributed by atoms with Crippen LogP contribution in [0.3, 0.4) is 0 Å². The average molecular weight is 260 g/mol. The van der Waals surface area contributed by atoms with Crippen molar-refractivity contribution in [2.75, 3.05) is 0 Å². The van der Waals surface area contributed by atoms with E-state index < -0.39 is 40.1 Å². The molecule has 0 atom stereocenters. The van der Waals surface area contributed by atoms with Crippen molar-refractivity contribution in [2.24, 2.45) is 0 Å². The van der Waals surface area contributed by atoms with Crippen molar-refractivity contribution < 1.29 is 28.2 Å². The minimum Gasteiger partial charge on any atom is -0.503 e. The molecule has 3 nitrogen and oxygen atoms in total. The largest absolute Gasteiger partial charge is 0.503 e. The van der Waals surface area contributed by atoms with Gasteiger partial charge in [-0.15, -0.1) is 0 Å². The Morgan fingerprint density at radius 1 is 1.17 bits per heavy atom. The molecule has 1 fully saturated rings. The second kappa shape index (κ2) is 4.19. The van der Waals surface area contributed by atoms with Gasteiger partial charge in [0.1, 0.15) is 0 Å². The van der Waals surface area contributed by atoms with Crippen LogP contribution in [0.15, 0.2) is 6.07 Å². The van der Waals surface area contributed by atoms with E-state index in [1.165, 1.54) is 0 Å². The van der Waals surface area contributed by atoms with Gasteiger partial charge in [-0.2, -0.15) is 4.39 Å². The van der Waals surface area contributed by atoms with Crippen molar-refractivity contribution in [3.63, 3.8) is 0 Å². The number of rotatable bonds is 2. The monoisotopic (exact) mass is 260 g/mol. The van der Waals surface area contributed by atoms with E-state index in [0.29, 0.717) is 18.9 Å². The van der Waals surface area contributed by atoms with Crippen LogP contribution in [-0.4, -0.2) is 16.2 Å². The lowest BCUT2D eigenvalue weighted by molar-refractivity contribution is -0.143. The second-order valence-corrected chi connectivity index (χ2v) is 4.48. The average Bonchev–Trinajstić information content (AvgIpc) is 2.81. The van der Waals surface area contributed by atoms with Crippen molar-refractivity contribution in [1.29, 1.82) is 0 Å². The van der Waals surface area contributed by atoms with Crippen molar-refractivity contribution in [3.05, 3.63) is 29.1 Å². The molecule has 0 bridgehead atoms. The maximum atomic E-state index is 13.8. The number of carboxylic acid groups (broad SMARTS) is 1. The summed E-state index contributed by atoms with van der Waals surface area (Å²) < 4.78 is 40.0. The van der Waals surface area contributed by atoms with Gasteiger partial charge in [0.05, 0.1) is 5.41 Å². The number of phenolic OH excluding ortho intramolecular Hbond substituents is 1. The standard InChI is InChI=1S/C12H11F3O3/c13-7-5-6(8(14)10(16)9(7)15)12(11(17)18)3-1-2-4-12/h5,16H,1-4H2,(H,17,18). The maximum absolute atomic E-state index is 13.8. The number of halogens is 3. The fourth-order valence-electron chi connectivity index (χ4n) is 2.52. The first kappa shape index (κ1) is 12.7. The summed E-state index contributed by atoms with van der Waals surface area (Å²) in [6, 6.07) is 0.532.